The summed E-state index contributed by atoms with van der Waals surface area (Å²) in [5.41, 5.74) is 1.20. The van der Waals surface area contributed by atoms with Crippen LogP contribution < -0.4 is 0 Å². The van der Waals surface area contributed by atoms with Crippen LogP contribution in [0.3, 0.4) is 0 Å². The first kappa shape index (κ1) is 19.8. The highest BCUT2D eigenvalue weighted by molar-refractivity contribution is 5.16. The maximum absolute atomic E-state index is 6.00. The van der Waals surface area contributed by atoms with Gasteiger partial charge in [-0.15, -0.1) is 0 Å². The van der Waals surface area contributed by atoms with Gasteiger partial charge in [0.15, 0.2) is 0 Å². The first-order chi connectivity index (χ1) is 12.5. The molecule has 3 saturated heterocycles. The minimum absolute atomic E-state index is 0.0122. The molecule has 0 aromatic heterocycles. The van der Waals surface area contributed by atoms with Gasteiger partial charge in [-0.05, 0) is 25.3 Å². The average Bonchev–Trinajstić information content (AvgIpc) is 2.69. The van der Waals surface area contributed by atoms with E-state index < -0.39 is 5.97 Å². The van der Waals surface area contributed by atoms with Crippen LogP contribution in [-0.4, -0.2) is 45.1 Å². The number of hydrogen-bond donors (Lipinski definition) is 0. The van der Waals surface area contributed by atoms with E-state index in [1.54, 1.807) is 0 Å². The van der Waals surface area contributed by atoms with Gasteiger partial charge in [-0.2, -0.15) is 0 Å². The molecule has 1 aromatic rings. The third-order valence-corrected chi connectivity index (χ3v) is 5.16. The fraction of sp³-hybridized carbons (Fsp3) is 0.714. The average molecular weight is 364 g/mol. The topological polar surface area (TPSA) is 46.2 Å². The van der Waals surface area contributed by atoms with E-state index in [9.17, 15) is 0 Å². The van der Waals surface area contributed by atoms with Crippen LogP contribution in [-0.2, 0) is 23.7 Å². The largest absolute Gasteiger partial charge is 0.376 e. The minimum Gasteiger partial charge on any atom is -0.376 e. The van der Waals surface area contributed by atoms with Crippen molar-refractivity contribution in [1.29, 1.82) is 0 Å². The Morgan fingerprint density at radius 1 is 1.04 bits per heavy atom. The molecule has 0 aliphatic carbocycles. The van der Waals surface area contributed by atoms with Gasteiger partial charge in [0, 0.05) is 18.4 Å². The van der Waals surface area contributed by atoms with Crippen LogP contribution in [0.4, 0.5) is 0 Å². The molecule has 0 spiro atoms. The lowest BCUT2D eigenvalue weighted by Gasteiger charge is -2.50. The van der Waals surface area contributed by atoms with E-state index in [0.717, 1.165) is 12.8 Å². The second kappa shape index (κ2) is 8.81. The Balaban J connectivity index is 1.34. The molecule has 2 bridgehead atoms. The molecule has 0 radical (unpaired) electrons. The van der Waals surface area contributed by atoms with E-state index in [4.69, 9.17) is 23.7 Å². The predicted octanol–water partition coefficient (Wildman–Crippen LogP) is 4.08. The molecule has 0 N–H and O–H groups in total. The summed E-state index contributed by atoms with van der Waals surface area (Å²) in [5, 5.41) is 0. The standard InChI is InChI=1S/C21H32O5/c1-4-19(13-23-17(2)18-9-6-5-7-10-18)22-12-8-11-21-24-14-20(3,15-25-21)16-26-21/h5-7,9-10,17,19H,4,8,11-16H2,1-3H3/t17-,19?,20?,21?/m1/s1. The van der Waals surface area contributed by atoms with Gasteiger partial charge in [0.2, 0.25) is 0 Å². The van der Waals surface area contributed by atoms with Gasteiger partial charge in [-0.25, -0.2) is 0 Å². The van der Waals surface area contributed by atoms with Crippen molar-refractivity contribution in [1.82, 2.24) is 0 Å². The van der Waals surface area contributed by atoms with Crippen molar-refractivity contribution in [2.24, 2.45) is 5.41 Å². The van der Waals surface area contributed by atoms with Crippen molar-refractivity contribution >= 4 is 0 Å². The summed E-state index contributed by atoms with van der Waals surface area (Å²) in [7, 11) is 0. The molecule has 1 unspecified atom stereocenters. The molecule has 4 rings (SSSR count). The molecule has 3 aliphatic heterocycles. The van der Waals surface area contributed by atoms with Crippen molar-refractivity contribution in [3.05, 3.63) is 35.9 Å². The van der Waals surface area contributed by atoms with Crippen LogP contribution in [0.25, 0.3) is 0 Å². The third kappa shape index (κ3) is 5.05. The summed E-state index contributed by atoms with van der Waals surface area (Å²) in [6.45, 7) is 9.69. The van der Waals surface area contributed by atoms with Gasteiger partial charge in [0.25, 0.3) is 5.97 Å². The summed E-state index contributed by atoms with van der Waals surface area (Å²) < 4.78 is 29.4. The second-order valence-electron chi connectivity index (χ2n) is 7.75. The van der Waals surface area contributed by atoms with Gasteiger partial charge in [-0.1, -0.05) is 44.2 Å². The zero-order valence-corrected chi connectivity index (χ0v) is 16.2. The molecule has 146 valence electrons. The Morgan fingerprint density at radius 3 is 2.31 bits per heavy atom. The fourth-order valence-corrected chi connectivity index (χ4v) is 3.21. The maximum atomic E-state index is 6.00. The zero-order chi connectivity index (χ0) is 18.5. The molecule has 1 aromatic carbocycles. The van der Waals surface area contributed by atoms with Gasteiger partial charge >= 0.3 is 0 Å². The Morgan fingerprint density at radius 2 is 1.69 bits per heavy atom. The quantitative estimate of drug-likeness (QED) is 0.586. The number of hydrogen-bond acceptors (Lipinski definition) is 5. The molecule has 0 saturated carbocycles. The van der Waals surface area contributed by atoms with Crippen LogP contribution in [0.15, 0.2) is 30.3 Å². The number of rotatable bonds is 10. The van der Waals surface area contributed by atoms with Crippen LogP contribution >= 0.6 is 0 Å². The van der Waals surface area contributed by atoms with Gasteiger partial charge < -0.3 is 23.7 Å². The van der Waals surface area contributed by atoms with Crippen molar-refractivity contribution in [3.63, 3.8) is 0 Å². The van der Waals surface area contributed by atoms with E-state index in [1.165, 1.54) is 5.56 Å². The highest BCUT2D eigenvalue weighted by Gasteiger charge is 2.49. The highest BCUT2D eigenvalue weighted by Crippen LogP contribution is 2.40. The van der Waals surface area contributed by atoms with Gasteiger partial charge in [-0.3, -0.25) is 0 Å². The minimum atomic E-state index is -0.846. The number of ether oxygens (including phenoxy) is 5. The molecular formula is C21H32O5. The van der Waals surface area contributed by atoms with Crippen molar-refractivity contribution in [2.45, 2.75) is 58.2 Å². The SMILES string of the molecule is CCC(CO[C@H](C)c1ccccc1)OCCCC12OCC(C)(CO1)CO2. The monoisotopic (exact) mass is 364 g/mol. The predicted molar refractivity (Wildman–Crippen MR) is 98.8 cm³/mol. The van der Waals surface area contributed by atoms with Gasteiger partial charge in [0.05, 0.1) is 38.6 Å². The lowest BCUT2D eigenvalue weighted by atomic mass is 9.91. The van der Waals surface area contributed by atoms with Crippen molar-refractivity contribution < 1.29 is 23.7 Å². The Hall–Kier alpha value is -0.980. The Bertz CT molecular complexity index is 522. The molecule has 5 nitrogen and oxygen atoms in total. The molecule has 5 heteroatoms. The van der Waals surface area contributed by atoms with Crippen molar-refractivity contribution in [3.8, 4) is 0 Å². The molecule has 3 heterocycles. The smallest absolute Gasteiger partial charge is 0.283 e. The summed E-state index contributed by atoms with van der Waals surface area (Å²) in [4.78, 5) is 0. The molecular weight excluding hydrogens is 332 g/mol. The normalized spacial score (nSPS) is 30.3. The van der Waals surface area contributed by atoms with E-state index in [-0.39, 0.29) is 17.6 Å². The van der Waals surface area contributed by atoms with Gasteiger partial charge in [0.1, 0.15) is 0 Å². The van der Waals surface area contributed by atoms with Crippen LogP contribution in [0.5, 0.6) is 0 Å². The fourth-order valence-electron chi connectivity index (χ4n) is 3.21. The first-order valence-electron chi connectivity index (χ1n) is 9.74. The number of benzene rings is 1. The summed E-state index contributed by atoms with van der Waals surface area (Å²) in [6, 6.07) is 10.3. The molecule has 26 heavy (non-hydrogen) atoms. The summed E-state index contributed by atoms with van der Waals surface area (Å²) >= 11 is 0. The van der Waals surface area contributed by atoms with Crippen LogP contribution in [0.2, 0.25) is 0 Å². The van der Waals surface area contributed by atoms with Crippen molar-refractivity contribution in [2.75, 3.05) is 33.0 Å². The third-order valence-electron chi connectivity index (χ3n) is 5.16. The first-order valence-corrected chi connectivity index (χ1v) is 9.74. The molecule has 3 aliphatic rings. The molecule has 0 amide bonds. The Kier molecular flexibility index (Phi) is 6.70. The van der Waals surface area contributed by atoms with Crippen LogP contribution in [0, 0.1) is 5.41 Å². The van der Waals surface area contributed by atoms with E-state index in [1.807, 2.05) is 18.2 Å². The summed E-state index contributed by atoms with van der Waals surface area (Å²) in [6.07, 6.45) is 2.63. The highest BCUT2D eigenvalue weighted by atomic mass is 16.9. The Labute approximate surface area is 156 Å². The second-order valence-corrected chi connectivity index (χ2v) is 7.75. The maximum Gasteiger partial charge on any atom is 0.283 e. The lowest BCUT2D eigenvalue weighted by Crippen LogP contribution is -2.58. The zero-order valence-electron chi connectivity index (χ0n) is 16.2. The molecule has 3 fully saturated rings. The van der Waals surface area contributed by atoms with E-state index >= 15 is 0 Å². The van der Waals surface area contributed by atoms with E-state index in [0.29, 0.717) is 39.5 Å². The summed E-state index contributed by atoms with van der Waals surface area (Å²) in [5.74, 6) is -0.846. The lowest BCUT2D eigenvalue weighted by molar-refractivity contribution is -0.467. The number of fused-ring (bicyclic) bond motifs is 3. The van der Waals surface area contributed by atoms with Crippen LogP contribution in [0.1, 0.15) is 51.7 Å². The van der Waals surface area contributed by atoms with E-state index in [2.05, 4.69) is 32.9 Å². The molecule has 2 atom stereocenters.